The Hall–Kier alpha value is -1.40. The maximum absolute atomic E-state index is 12.1. The van der Waals surface area contributed by atoms with Gasteiger partial charge in [0.25, 0.3) is 0 Å². The maximum Gasteiger partial charge on any atom is 0.241 e. The van der Waals surface area contributed by atoms with E-state index in [4.69, 9.17) is 0 Å². The number of nitrogens with one attached hydrogen (secondary N) is 2. The molecule has 110 valence electrons. The van der Waals surface area contributed by atoms with Crippen LogP contribution in [0.4, 0.5) is 0 Å². The van der Waals surface area contributed by atoms with E-state index in [1.165, 1.54) is 12.1 Å². The first-order chi connectivity index (χ1) is 9.49. The summed E-state index contributed by atoms with van der Waals surface area (Å²) in [5.74, 6) is -0.267. The van der Waals surface area contributed by atoms with Crippen molar-refractivity contribution in [2.24, 2.45) is 0 Å². The number of carbonyl (C=O) groups is 1. The van der Waals surface area contributed by atoms with Gasteiger partial charge >= 0.3 is 0 Å². The highest BCUT2D eigenvalue weighted by atomic mass is 32.2. The highest BCUT2D eigenvalue weighted by Crippen LogP contribution is 2.17. The summed E-state index contributed by atoms with van der Waals surface area (Å²) in [5.41, 5.74) is 0. The molecular formula is C14H20N2O3S. The van der Waals surface area contributed by atoms with Crippen molar-refractivity contribution < 1.29 is 13.2 Å². The third-order valence-corrected chi connectivity index (χ3v) is 5.04. The average Bonchev–Trinajstić information content (AvgIpc) is 2.92. The first kappa shape index (κ1) is 15.0. The lowest BCUT2D eigenvalue weighted by atomic mass is 10.2. The van der Waals surface area contributed by atoms with Crippen molar-refractivity contribution >= 4 is 15.9 Å². The van der Waals surface area contributed by atoms with E-state index in [1.54, 1.807) is 25.1 Å². The Kier molecular flexibility index (Phi) is 4.77. The fraction of sp³-hybridized carbons (Fsp3) is 0.500. The molecule has 2 rings (SSSR count). The van der Waals surface area contributed by atoms with E-state index in [0.717, 1.165) is 25.7 Å². The smallest absolute Gasteiger partial charge is 0.241 e. The summed E-state index contributed by atoms with van der Waals surface area (Å²) in [6.45, 7) is 1.56. The van der Waals surface area contributed by atoms with Crippen molar-refractivity contribution in [1.82, 2.24) is 10.0 Å². The Morgan fingerprint density at radius 2 is 1.80 bits per heavy atom. The van der Waals surface area contributed by atoms with Crippen LogP contribution >= 0.6 is 0 Å². The molecule has 5 nitrogen and oxygen atoms in total. The first-order valence-corrected chi connectivity index (χ1v) is 8.35. The van der Waals surface area contributed by atoms with Gasteiger partial charge in [0.2, 0.25) is 15.9 Å². The van der Waals surface area contributed by atoms with Crippen LogP contribution in [0.2, 0.25) is 0 Å². The molecule has 2 N–H and O–H groups in total. The van der Waals surface area contributed by atoms with Crippen LogP contribution in [0.15, 0.2) is 35.2 Å². The molecule has 0 radical (unpaired) electrons. The summed E-state index contributed by atoms with van der Waals surface area (Å²) >= 11 is 0. The van der Waals surface area contributed by atoms with Crippen LogP contribution in [0, 0.1) is 0 Å². The molecule has 1 atom stereocenters. The second-order valence-corrected chi connectivity index (χ2v) is 6.86. The molecule has 6 heteroatoms. The highest BCUT2D eigenvalue weighted by molar-refractivity contribution is 7.89. The average molecular weight is 296 g/mol. The Morgan fingerprint density at radius 1 is 1.20 bits per heavy atom. The van der Waals surface area contributed by atoms with Crippen molar-refractivity contribution in [3.8, 4) is 0 Å². The van der Waals surface area contributed by atoms with Gasteiger partial charge in [0.05, 0.1) is 10.9 Å². The molecule has 0 bridgehead atoms. The molecule has 1 fully saturated rings. The monoisotopic (exact) mass is 296 g/mol. The third kappa shape index (κ3) is 3.80. The first-order valence-electron chi connectivity index (χ1n) is 6.87. The number of rotatable bonds is 5. The van der Waals surface area contributed by atoms with Gasteiger partial charge in [0, 0.05) is 6.04 Å². The van der Waals surface area contributed by atoms with Crippen molar-refractivity contribution in [3.05, 3.63) is 30.3 Å². The van der Waals surface area contributed by atoms with E-state index >= 15 is 0 Å². The molecule has 20 heavy (non-hydrogen) atoms. The molecule has 0 unspecified atom stereocenters. The van der Waals surface area contributed by atoms with E-state index in [1.807, 2.05) is 0 Å². The zero-order valence-corrected chi connectivity index (χ0v) is 12.3. The molecule has 0 spiro atoms. The third-order valence-electron chi connectivity index (χ3n) is 3.48. The second kappa shape index (κ2) is 6.37. The molecular weight excluding hydrogens is 276 g/mol. The zero-order chi connectivity index (χ0) is 14.6. The topological polar surface area (TPSA) is 75.3 Å². The lowest BCUT2D eigenvalue weighted by Gasteiger charge is -2.17. The number of hydrogen-bond donors (Lipinski definition) is 2. The molecule has 1 aromatic carbocycles. The normalized spacial score (nSPS) is 17.9. The molecule has 0 saturated heterocycles. The predicted octanol–water partition coefficient (Wildman–Crippen LogP) is 1.41. The number of sulfonamides is 1. The molecule has 1 aromatic rings. The van der Waals surface area contributed by atoms with Crippen LogP contribution in [0.3, 0.4) is 0 Å². The number of amides is 1. The fourth-order valence-corrected chi connectivity index (χ4v) is 3.57. The quantitative estimate of drug-likeness (QED) is 0.862. The standard InChI is InChI=1S/C14H20N2O3S/c1-11(14(17)15-12-7-5-6-8-12)16-20(18,19)13-9-3-2-4-10-13/h2-4,9-12,16H,5-8H2,1H3,(H,15,17)/t11-/m0/s1. The van der Waals surface area contributed by atoms with Gasteiger partial charge in [0.15, 0.2) is 0 Å². The van der Waals surface area contributed by atoms with Crippen LogP contribution in [0.25, 0.3) is 0 Å². The summed E-state index contributed by atoms with van der Waals surface area (Å²) in [4.78, 5) is 12.1. The van der Waals surface area contributed by atoms with Crippen LogP contribution in [-0.2, 0) is 14.8 Å². The summed E-state index contributed by atoms with van der Waals surface area (Å²) in [6, 6.07) is 7.46. The molecule has 0 heterocycles. The molecule has 0 aromatic heterocycles. The maximum atomic E-state index is 12.1. The Labute approximate surface area is 119 Å². The van der Waals surface area contributed by atoms with E-state index in [2.05, 4.69) is 10.0 Å². The molecule has 1 saturated carbocycles. The Morgan fingerprint density at radius 3 is 2.40 bits per heavy atom. The van der Waals surface area contributed by atoms with E-state index in [9.17, 15) is 13.2 Å². The van der Waals surface area contributed by atoms with Crippen molar-refractivity contribution in [1.29, 1.82) is 0 Å². The van der Waals surface area contributed by atoms with E-state index in [-0.39, 0.29) is 16.8 Å². The minimum Gasteiger partial charge on any atom is -0.352 e. The Bertz CT molecular complexity index is 551. The molecule has 1 aliphatic carbocycles. The van der Waals surface area contributed by atoms with Gasteiger partial charge in [0.1, 0.15) is 0 Å². The van der Waals surface area contributed by atoms with Gasteiger partial charge in [-0.05, 0) is 31.9 Å². The lowest BCUT2D eigenvalue weighted by Crippen LogP contribution is -2.47. The number of benzene rings is 1. The van der Waals surface area contributed by atoms with Crippen LogP contribution in [-0.4, -0.2) is 26.4 Å². The van der Waals surface area contributed by atoms with Crippen LogP contribution in [0.5, 0.6) is 0 Å². The molecule has 1 amide bonds. The van der Waals surface area contributed by atoms with E-state index in [0.29, 0.717) is 0 Å². The summed E-state index contributed by atoms with van der Waals surface area (Å²) in [5, 5.41) is 2.89. The van der Waals surface area contributed by atoms with Crippen molar-refractivity contribution in [2.45, 2.75) is 49.6 Å². The van der Waals surface area contributed by atoms with Gasteiger partial charge in [-0.2, -0.15) is 4.72 Å². The summed E-state index contributed by atoms with van der Waals surface area (Å²) in [7, 11) is -3.65. The highest BCUT2D eigenvalue weighted by Gasteiger charge is 2.24. The van der Waals surface area contributed by atoms with Crippen molar-refractivity contribution in [2.75, 3.05) is 0 Å². The zero-order valence-electron chi connectivity index (χ0n) is 11.5. The second-order valence-electron chi connectivity index (χ2n) is 5.15. The summed E-state index contributed by atoms with van der Waals surface area (Å²) < 4.78 is 26.6. The van der Waals surface area contributed by atoms with Crippen LogP contribution in [0.1, 0.15) is 32.6 Å². The largest absolute Gasteiger partial charge is 0.352 e. The van der Waals surface area contributed by atoms with Gasteiger partial charge in [-0.15, -0.1) is 0 Å². The lowest BCUT2D eigenvalue weighted by molar-refractivity contribution is -0.123. The summed E-state index contributed by atoms with van der Waals surface area (Å²) in [6.07, 6.45) is 4.19. The van der Waals surface area contributed by atoms with Gasteiger partial charge in [-0.3, -0.25) is 4.79 Å². The van der Waals surface area contributed by atoms with Gasteiger partial charge < -0.3 is 5.32 Å². The van der Waals surface area contributed by atoms with E-state index < -0.39 is 16.1 Å². The number of carbonyl (C=O) groups excluding carboxylic acids is 1. The fourth-order valence-electron chi connectivity index (χ4n) is 2.35. The SMILES string of the molecule is C[C@H](NS(=O)(=O)c1ccccc1)C(=O)NC1CCCC1. The van der Waals surface area contributed by atoms with Gasteiger partial charge in [-0.25, -0.2) is 8.42 Å². The molecule has 1 aliphatic rings. The Balaban J connectivity index is 1.96. The van der Waals surface area contributed by atoms with Gasteiger partial charge in [-0.1, -0.05) is 31.0 Å². The van der Waals surface area contributed by atoms with Crippen LogP contribution < -0.4 is 10.0 Å². The number of hydrogen-bond acceptors (Lipinski definition) is 3. The van der Waals surface area contributed by atoms with Crippen molar-refractivity contribution in [3.63, 3.8) is 0 Å². The minimum atomic E-state index is -3.65. The predicted molar refractivity (Wildman–Crippen MR) is 76.6 cm³/mol. The minimum absolute atomic E-state index is 0.167. The molecule has 0 aliphatic heterocycles.